The van der Waals surface area contributed by atoms with E-state index in [0.717, 1.165) is 29.1 Å². The fourth-order valence-electron chi connectivity index (χ4n) is 3.84. The first-order chi connectivity index (χ1) is 14.6. The van der Waals surface area contributed by atoms with Crippen molar-refractivity contribution >= 4 is 5.91 Å². The second-order valence-corrected chi connectivity index (χ2v) is 7.09. The molecule has 30 heavy (non-hydrogen) atoms. The topological polar surface area (TPSA) is 125 Å². The van der Waals surface area contributed by atoms with Crippen molar-refractivity contribution in [3.05, 3.63) is 75.9 Å². The Labute approximate surface area is 172 Å². The van der Waals surface area contributed by atoms with Gasteiger partial charge in [0.05, 0.1) is 17.0 Å². The van der Waals surface area contributed by atoms with Crippen molar-refractivity contribution in [3.63, 3.8) is 0 Å². The maximum atomic E-state index is 12.4. The van der Waals surface area contributed by atoms with E-state index in [9.17, 15) is 9.59 Å². The number of aromatic amines is 3. The number of nitrogens with one attached hydrogen (secondary N) is 3. The van der Waals surface area contributed by atoms with Crippen LogP contribution in [0.1, 0.15) is 46.3 Å². The van der Waals surface area contributed by atoms with E-state index in [1.165, 1.54) is 16.5 Å². The molecule has 0 atom stereocenters. The fourth-order valence-corrected chi connectivity index (χ4v) is 3.84. The number of H-pyrrole nitrogens is 3. The van der Waals surface area contributed by atoms with Gasteiger partial charge < -0.3 is 10.1 Å². The van der Waals surface area contributed by atoms with Crippen LogP contribution in [0.4, 0.5) is 0 Å². The molecule has 0 fully saturated rings. The molecule has 0 amide bonds. The van der Waals surface area contributed by atoms with Crippen molar-refractivity contribution in [1.82, 2.24) is 34.7 Å². The summed E-state index contributed by atoms with van der Waals surface area (Å²) in [5.41, 5.74) is 5.94. The highest BCUT2D eigenvalue weighted by Gasteiger charge is 2.19. The maximum absolute atomic E-state index is 12.4. The zero-order valence-electron chi connectivity index (χ0n) is 16.9. The third-order valence-electron chi connectivity index (χ3n) is 5.27. The minimum absolute atomic E-state index is 0.0135. The number of hydrogen-bond donors (Lipinski definition) is 3. The summed E-state index contributed by atoms with van der Waals surface area (Å²) >= 11 is 0. The monoisotopic (exact) mass is 405 g/mol. The van der Waals surface area contributed by atoms with Crippen LogP contribution in [0, 0.1) is 6.92 Å². The molecule has 9 nitrogen and oxygen atoms in total. The average Bonchev–Trinajstić information content (AvgIpc) is 3.48. The quantitative estimate of drug-likeness (QED) is 0.435. The van der Waals surface area contributed by atoms with E-state index >= 15 is 0 Å². The molecule has 0 radical (unpaired) electrons. The summed E-state index contributed by atoms with van der Waals surface area (Å²) in [6, 6.07) is 0. The van der Waals surface area contributed by atoms with E-state index in [1.807, 2.05) is 6.92 Å². The Balaban J connectivity index is 1.61. The summed E-state index contributed by atoms with van der Waals surface area (Å²) < 4.78 is 1.51. The van der Waals surface area contributed by atoms with E-state index < -0.39 is 0 Å². The molecule has 154 valence electrons. The van der Waals surface area contributed by atoms with Crippen molar-refractivity contribution in [1.29, 1.82) is 0 Å². The summed E-state index contributed by atoms with van der Waals surface area (Å²) in [6.07, 6.45) is 12.0. The van der Waals surface area contributed by atoms with E-state index in [-0.39, 0.29) is 11.5 Å². The molecule has 4 heterocycles. The zero-order chi connectivity index (χ0) is 21.1. The number of imidazole rings is 1. The van der Waals surface area contributed by atoms with E-state index in [0.29, 0.717) is 30.5 Å². The van der Waals surface area contributed by atoms with Crippen LogP contribution in [-0.2, 0) is 19.3 Å². The van der Waals surface area contributed by atoms with Gasteiger partial charge in [-0.25, -0.2) is 4.98 Å². The molecule has 4 aromatic heterocycles. The maximum Gasteiger partial charge on any atom is 0.273 e. The molecule has 0 unspecified atom stereocenters. The normalized spacial score (nSPS) is 11.1. The first-order valence-electron chi connectivity index (χ1n) is 9.85. The molecule has 4 rings (SSSR count). The highest BCUT2D eigenvalue weighted by molar-refractivity contribution is 5.78. The van der Waals surface area contributed by atoms with Crippen molar-refractivity contribution in [3.8, 4) is 11.3 Å². The van der Waals surface area contributed by atoms with Crippen LogP contribution in [-0.4, -0.2) is 40.6 Å². The highest BCUT2D eigenvalue weighted by Crippen LogP contribution is 2.25. The number of carbonyl (C=O) groups is 1. The minimum atomic E-state index is -0.228. The molecule has 9 heteroatoms. The lowest BCUT2D eigenvalue weighted by Gasteiger charge is -2.08. The lowest BCUT2D eigenvalue weighted by atomic mass is 9.99. The van der Waals surface area contributed by atoms with E-state index in [1.54, 1.807) is 31.0 Å². The van der Waals surface area contributed by atoms with Gasteiger partial charge in [-0.3, -0.25) is 29.2 Å². The molecule has 0 aliphatic carbocycles. The summed E-state index contributed by atoms with van der Waals surface area (Å²) in [5.74, 6) is 0.0135. The molecule has 4 aromatic rings. The predicted octanol–water partition coefficient (Wildman–Crippen LogP) is 2.42. The van der Waals surface area contributed by atoms with Crippen molar-refractivity contribution in [2.45, 2.75) is 39.5 Å². The Hall–Kier alpha value is -3.75. The van der Waals surface area contributed by atoms with Crippen LogP contribution in [0.5, 0.6) is 0 Å². The lowest BCUT2D eigenvalue weighted by Crippen LogP contribution is -2.10. The van der Waals surface area contributed by atoms with E-state index in [4.69, 9.17) is 0 Å². The molecule has 0 saturated carbocycles. The van der Waals surface area contributed by atoms with Crippen molar-refractivity contribution in [2.75, 3.05) is 0 Å². The molecule has 0 bridgehead atoms. The van der Waals surface area contributed by atoms with Crippen molar-refractivity contribution in [2.24, 2.45) is 0 Å². The predicted molar refractivity (Wildman–Crippen MR) is 111 cm³/mol. The Morgan fingerprint density at radius 1 is 1.17 bits per heavy atom. The number of hydrogen-bond acceptors (Lipinski definition) is 5. The second kappa shape index (κ2) is 8.32. The summed E-state index contributed by atoms with van der Waals surface area (Å²) in [4.78, 5) is 40.7. The first kappa shape index (κ1) is 19.6. The summed E-state index contributed by atoms with van der Waals surface area (Å²) in [7, 11) is 0. The smallest absolute Gasteiger partial charge is 0.273 e. The standard InChI is InChI=1S/C21H23N7O2/c1-3-14-15(4-5-19(29)28-9-8-22-12-28)13(2)26-17(14)10-18-20(24-7-6-23-18)16-11-25-27-21(16)30/h6-9,11-12,26H,3-5,10H2,1-2H3,(H2,25,27,30). The minimum Gasteiger partial charge on any atom is -0.362 e. The van der Waals surface area contributed by atoms with E-state index in [2.05, 4.69) is 37.1 Å². The number of rotatable bonds is 7. The molecule has 0 saturated heterocycles. The summed E-state index contributed by atoms with van der Waals surface area (Å²) in [5, 5.41) is 5.25. The van der Waals surface area contributed by atoms with Gasteiger partial charge in [0.15, 0.2) is 0 Å². The molecule has 0 aliphatic rings. The van der Waals surface area contributed by atoms with Gasteiger partial charge in [0.2, 0.25) is 5.91 Å². The Morgan fingerprint density at radius 2 is 2.00 bits per heavy atom. The number of aryl methyl sites for hydroxylation is 1. The van der Waals surface area contributed by atoms with Crippen LogP contribution < -0.4 is 5.56 Å². The third kappa shape index (κ3) is 3.73. The van der Waals surface area contributed by atoms with Gasteiger partial charge in [-0.15, -0.1) is 0 Å². The van der Waals surface area contributed by atoms with Crippen LogP contribution in [0.25, 0.3) is 11.3 Å². The molecular weight excluding hydrogens is 382 g/mol. The molecular formula is C21H23N7O2. The average molecular weight is 405 g/mol. The van der Waals surface area contributed by atoms with Gasteiger partial charge in [0.1, 0.15) is 6.33 Å². The van der Waals surface area contributed by atoms with Gasteiger partial charge >= 0.3 is 0 Å². The van der Waals surface area contributed by atoms with Gasteiger partial charge in [-0.2, -0.15) is 0 Å². The number of nitrogens with zero attached hydrogens (tertiary/aromatic N) is 4. The van der Waals surface area contributed by atoms with Crippen LogP contribution >= 0.6 is 0 Å². The Kier molecular flexibility index (Phi) is 5.42. The third-order valence-corrected chi connectivity index (χ3v) is 5.27. The number of carbonyl (C=O) groups excluding carboxylic acids is 1. The second-order valence-electron chi connectivity index (χ2n) is 7.09. The molecule has 0 aromatic carbocycles. The summed E-state index contributed by atoms with van der Waals surface area (Å²) in [6.45, 7) is 4.12. The molecule has 0 aliphatic heterocycles. The molecule has 3 N–H and O–H groups in total. The largest absolute Gasteiger partial charge is 0.362 e. The Morgan fingerprint density at radius 3 is 2.70 bits per heavy atom. The van der Waals surface area contributed by atoms with Gasteiger partial charge in [0.25, 0.3) is 5.56 Å². The van der Waals surface area contributed by atoms with Crippen LogP contribution in [0.15, 0.2) is 42.1 Å². The van der Waals surface area contributed by atoms with Gasteiger partial charge in [-0.1, -0.05) is 6.92 Å². The van der Waals surface area contributed by atoms with Gasteiger partial charge in [0, 0.05) is 55.2 Å². The SMILES string of the molecule is CCc1c(Cc2nccnc2-c2c[nH][nH]c2=O)[nH]c(C)c1CCC(=O)n1ccnc1. The molecule has 0 spiro atoms. The first-order valence-corrected chi connectivity index (χ1v) is 9.85. The van der Waals surface area contributed by atoms with Crippen LogP contribution in [0.2, 0.25) is 0 Å². The number of aromatic nitrogens is 7. The fraction of sp³-hybridized carbons (Fsp3) is 0.286. The van der Waals surface area contributed by atoms with Gasteiger partial charge in [-0.05, 0) is 30.9 Å². The zero-order valence-corrected chi connectivity index (χ0v) is 16.9. The Bertz CT molecular complexity index is 1210. The lowest BCUT2D eigenvalue weighted by molar-refractivity contribution is 0.0902. The highest BCUT2D eigenvalue weighted by atomic mass is 16.2. The van der Waals surface area contributed by atoms with Crippen LogP contribution in [0.3, 0.4) is 0 Å². The van der Waals surface area contributed by atoms with Crippen molar-refractivity contribution < 1.29 is 4.79 Å².